The maximum Gasteiger partial charge on any atom is 0.192 e. The standard InChI is InChI=1S/C34H58O2Si/c1-21(2)22(3)30-31(35-30)23(4)27-14-15-28-26-13-12-24-20-25(36-37(10,11)32(5,6)7)16-18-33(24,8)29(26)17-19-34(27,28)9/h12-13,21-23,25,27-31H,14-20H2,1-11H3/t22-,23+,25+,27-,28+,29?,30-,31-,33+,34-/m1/s1. The Morgan fingerprint density at radius 1 is 0.919 bits per heavy atom. The van der Waals surface area contributed by atoms with Gasteiger partial charge in [-0.05, 0) is 109 Å². The van der Waals surface area contributed by atoms with Crippen LogP contribution >= 0.6 is 0 Å². The van der Waals surface area contributed by atoms with Crippen LogP contribution in [-0.4, -0.2) is 26.6 Å². The second-order valence-corrected chi connectivity index (χ2v) is 21.1. The van der Waals surface area contributed by atoms with Crippen LogP contribution in [0.2, 0.25) is 18.1 Å². The molecule has 1 aliphatic heterocycles. The highest BCUT2D eigenvalue weighted by atomic mass is 28.4. The first-order valence-corrected chi connectivity index (χ1v) is 18.8. The smallest absolute Gasteiger partial charge is 0.192 e. The number of hydrogen-bond acceptors (Lipinski definition) is 2. The van der Waals surface area contributed by atoms with Crippen molar-refractivity contribution >= 4 is 8.32 Å². The van der Waals surface area contributed by atoms with E-state index in [0.717, 1.165) is 24.2 Å². The zero-order valence-corrected chi connectivity index (χ0v) is 27.1. The Kier molecular flexibility index (Phi) is 7.10. The van der Waals surface area contributed by atoms with Gasteiger partial charge in [0, 0.05) is 6.10 Å². The lowest BCUT2D eigenvalue weighted by Crippen LogP contribution is -2.49. The van der Waals surface area contributed by atoms with Gasteiger partial charge in [-0.25, -0.2) is 0 Å². The third-order valence-corrected chi connectivity index (χ3v) is 17.7. The van der Waals surface area contributed by atoms with Gasteiger partial charge in [0.05, 0.1) is 12.2 Å². The molecular weight excluding hydrogens is 468 g/mol. The number of hydrogen-bond donors (Lipinski definition) is 0. The van der Waals surface area contributed by atoms with E-state index in [4.69, 9.17) is 9.16 Å². The van der Waals surface area contributed by atoms with Gasteiger partial charge in [-0.2, -0.15) is 0 Å². The molecule has 37 heavy (non-hydrogen) atoms. The van der Waals surface area contributed by atoms with E-state index >= 15 is 0 Å². The minimum atomic E-state index is -1.73. The fourth-order valence-corrected chi connectivity index (χ4v) is 10.5. The summed E-state index contributed by atoms with van der Waals surface area (Å²) >= 11 is 0. The summed E-state index contributed by atoms with van der Waals surface area (Å²) in [6.07, 6.45) is 15.8. The van der Waals surface area contributed by atoms with E-state index in [2.05, 4.69) is 87.6 Å². The number of fused-ring (bicyclic) bond motifs is 5. The minimum absolute atomic E-state index is 0.282. The molecular formula is C34H58O2Si. The first-order chi connectivity index (χ1) is 17.1. The van der Waals surface area contributed by atoms with Crippen molar-refractivity contribution in [2.24, 2.45) is 46.3 Å². The molecule has 0 aromatic carbocycles. The van der Waals surface area contributed by atoms with Crippen LogP contribution in [-0.2, 0) is 9.16 Å². The zero-order valence-electron chi connectivity index (χ0n) is 26.1. The van der Waals surface area contributed by atoms with Gasteiger partial charge in [-0.1, -0.05) is 85.6 Å². The molecule has 1 unspecified atom stereocenters. The lowest BCUT2D eigenvalue weighted by Gasteiger charge is -2.56. The van der Waals surface area contributed by atoms with Crippen LogP contribution in [0.1, 0.15) is 107 Å². The van der Waals surface area contributed by atoms with Crippen molar-refractivity contribution in [2.45, 2.75) is 144 Å². The molecule has 0 spiro atoms. The molecule has 2 nitrogen and oxygen atoms in total. The van der Waals surface area contributed by atoms with Crippen molar-refractivity contribution in [1.82, 2.24) is 0 Å². The largest absolute Gasteiger partial charge is 0.414 e. The van der Waals surface area contributed by atoms with Crippen molar-refractivity contribution in [2.75, 3.05) is 0 Å². The van der Waals surface area contributed by atoms with Crippen LogP contribution in [0.4, 0.5) is 0 Å². The predicted molar refractivity (Wildman–Crippen MR) is 159 cm³/mol. The summed E-state index contributed by atoms with van der Waals surface area (Å²) in [7, 11) is -1.73. The van der Waals surface area contributed by atoms with Gasteiger partial charge in [-0.3, -0.25) is 0 Å². The van der Waals surface area contributed by atoms with Crippen LogP contribution in [0.5, 0.6) is 0 Å². The molecule has 3 heteroatoms. The normalized spacial score (nSPS) is 43.4. The summed E-state index contributed by atoms with van der Waals surface area (Å²) in [6.45, 7) is 26.9. The lowest BCUT2D eigenvalue weighted by molar-refractivity contribution is 0.0317. The summed E-state index contributed by atoms with van der Waals surface area (Å²) < 4.78 is 13.3. The lowest BCUT2D eigenvalue weighted by atomic mass is 9.50. The number of ether oxygens (including phenoxy) is 1. The van der Waals surface area contributed by atoms with Crippen molar-refractivity contribution < 1.29 is 9.16 Å². The van der Waals surface area contributed by atoms with Gasteiger partial charge in [0.15, 0.2) is 8.32 Å². The molecule has 0 amide bonds. The molecule has 4 fully saturated rings. The van der Waals surface area contributed by atoms with Crippen molar-refractivity contribution in [3.63, 3.8) is 0 Å². The maximum absolute atomic E-state index is 6.93. The number of allylic oxidation sites excluding steroid dienone is 3. The van der Waals surface area contributed by atoms with Crippen LogP contribution < -0.4 is 0 Å². The third-order valence-electron chi connectivity index (χ3n) is 13.2. The Morgan fingerprint density at radius 2 is 1.62 bits per heavy atom. The van der Waals surface area contributed by atoms with Crippen LogP contribution in [0.15, 0.2) is 23.3 Å². The molecule has 0 bridgehead atoms. The van der Waals surface area contributed by atoms with Crippen LogP contribution in [0.25, 0.3) is 0 Å². The minimum Gasteiger partial charge on any atom is -0.414 e. The number of rotatable bonds is 6. The van der Waals surface area contributed by atoms with Crippen LogP contribution in [0.3, 0.4) is 0 Å². The van der Waals surface area contributed by atoms with E-state index in [1.54, 1.807) is 5.57 Å². The fraction of sp³-hybridized carbons (Fsp3) is 0.882. The summed E-state index contributed by atoms with van der Waals surface area (Å²) in [4.78, 5) is 0. The van der Waals surface area contributed by atoms with Gasteiger partial charge in [0.25, 0.3) is 0 Å². The molecule has 10 atom stereocenters. The molecule has 0 aromatic rings. The van der Waals surface area contributed by atoms with E-state index < -0.39 is 8.32 Å². The van der Waals surface area contributed by atoms with Gasteiger partial charge in [0.2, 0.25) is 0 Å². The summed E-state index contributed by atoms with van der Waals surface area (Å²) in [5.41, 5.74) is 4.31. The topological polar surface area (TPSA) is 21.8 Å². The first-order valence-electron chi connectivity index (χ1n) is 15.8. The SMILES string of the molecule is CC(C)[C@@H](C)[C@H]1O[C@@H]1[C@@H](C)[C@H]1CC[C@H]2C3=CC=C4C[C@@H](O[Si](C)(C)C(C)(C)C)CC[C@]4(C)C3CC[C@]12C. The molecule has 0 N–H and O–H groups in total. The summed E-state index contributed by atoms with van der Waals surface area (Å²) in [5.74, 6) is 4.40. The Labute approximate surface area is 230 Å². The van der Waals surface area contributed by atoms with Crippen molar-refractivity contribution in [1.29, 1.82) is 0 Å². The predicted octanol–water partition coefficient (Wildman–Crippen LogP) is 9.57. The Hall–Kier alpha value is -0.383. The molecule has 210 valence electrons. The Balaban J connectivity index is 1.32. The molecule has 1 heterocycles. The van der Waals surface area contributed by atoms with Gasteiger partial charge >= 0.3 is 0 Å². The van der Waals surface area contributed by atoms with Gasteiger partial charge in [0.1, 0.15) is 0 Å². The van der Waals surface area contributed by atoms with Gasteiger partial charge in [-0.15, -0.1) is 0 Å². The Bertz CT molecular complexity index is 940. The molecule has 0 radical (unpaired) electrons. The molecule has 1 saturated heterocycles. The highest BCUT2D eigenvalue weighted by Crippen LogP contribution is 2.67. The molecule has 5 rings (SSSR count). The average molecular weight is 527 g/mol. The van der Waals surface area contributed by atoms with Crippen LogP contribution in [0, 0.1) is 46.3 Å². The second kappa shape index (κ2) is 9.34. The highest BCUT2D eigenvalue weighted by molar-refractivity contribution is 6.74. The third kappa shape index (κ3) is 4.59. The van der Waals surface area contributed by atoms with E-state index in [1.165, 1.54) is 38.5 Å². The summed E-state index contributed by atoms with van der Waals surface area (Å²) in [5, 5.41) is 0.282. The fourth-order valence-electron chi connectivity index (χ4n) is 9.16. The number of epoxide rings is 1. The summed E-state index contributed by atoms with van der Waals surface area (Å²) in [6, 6.07) is 0. The van der Waals surface area contributed by atoms with E-state index in [9.17, 15) is 0 Å². The van der Waals surface area contributed by atoms with E-state index in [1.807, 2.05) is 5.57 Å². The monoisotopic (exact) mass is 526 g/mol. The average Bonchev–Trinajstić information content (AvgIpc) is 3.52. The molecule has 4 aliphatic carbocycles. The molecule has 5 aliphatic rings. The van der Waals surface area contributed by atoms with E-state index in [-0.39, 0.29) is 5.04 Å². The highest BCUT2D eigenvalue weighted by Gasteiger charge is 2.60. The Morgan fingerprint density at radius 3 is 2.27 bits per heavy atom. The maximum atomic E-state index is 6.93. The van der Waals surface area contributed by atoms with Crippen molar-refractivity contribution in [3.05, 3.63) is 23.3 Å². The quantitative estimate of drug-likeness (QED) is 0.254. The molecule has 3 saturated carbocycles. The molecule has 0 aromatic heterocycles. The van der Waals surface area contributed by atoms with E-state index in [0.29, 0.717) is 46.9 Å². The van der Waals surface area contributed by atoms with Gasteiger partial charge < -0.3 is 9.16 Å². The van der Waals surface area contributed by atoms with Crippen molar-refractivity contribution in [3.8, 4) is 0 Å². The first kappa shape index (κ1) is 28.2. The zero-order chi connectivity index (χ0) is 27.1. The second-order valence-electron chi connectivity index (χ2n) is 16.4.